The van der Waals surface area contributed by atoms with E-state index in [4.69, 9.17) is 0 Å². The van der Waals surface area contributed by atoms with Crippen molar-refractivity contribution in [3.63, 3.8) is 0 Å². The van der Waals surface area contributed by atoms with Gasteiger partial charge in [0.1, 0.15) is 0 Å². The first-order chi connectivity index (χ1) is 19.7. The van der Waals surface area contributed by atoms with Crippen molar-refractivity contribution >= 4 is 17.6 Å². The van der Waals surface area contributed by atoms with E-state index in [9.17, 15) is 41.0 Å². The number of carbonyl (C=O) groups is 2. The Bertz CT molecular complexity index is 1410. The molecule has 0 aliphatic carbocycles. The first-order valence-corrected chi connectivity index (χ1v) is 13.3. The van der Waals surface area contributed by atoms with Crippen LogP contribution in [0.5, 0.6) is 0 Å². The van der Waals surface area contributed by atoms with Crippen molar-refractivity contribution in [3.8, 4) is 11.3 Å². The van der Waals surface area contributed by atoms with Crippen LogP contribution in [0.1, 0.15) is 58.8 Å². The second kappa shape index (κ2) is 12.4. The van der Waals surface area contributed by atoms with Gasteiger partial charge in [-0.25, -0.2) is 0 Å². The summed E-state index contributed by atoms with van der Waals surface area (Å²) < 4.78 is 78.2. The maximum absolute atomic E-state index is 13.2. The van der Waals surface area contributed by atoms with Crippen LogP contribution in [0.4, 0.5) is 32.0 Å². The molecule has 1 aliphatic heterocycles. The topological polar surface area (TPSA) is 82.5 Å². The summed E-state index contributed by atoms with van der Waals surface area (Å²) in [5.41, 5.74) is 1.94. The van der Waals surface area contributed by atoms with Crippen molar-refractivity contribution in [2.45, 2.75) is 51.0 Å². The molecule has 2 heterocycles. The van der Waals surface area contributed by atoms with Crippen LogP contribution in [-0.4, -0.2) is 46.1 Å². The summed E-state index contributed by atoms with van der Waals surface area (Å²) in [6.45, 7) is 2.26. The molecule has 2 N–H and O–H groups in total. The van der Waals surface area contributed by atoms with E-state index >= 15 is 0 Å². The lowest BCUT2D eigenvalue weighted by atomic mass is 9.94. The van der Waals surface area contributed by atoms with Crippen molar-refractivity contribution in [2.24, 2.45) is 5.92 Å². The Morgan fingerprint density at radius 1 is 1.05 bits per heavy atom. The van der Waals surface area contributed by atoms with Crippen molar-refractivity contribution in [2.75, 3.05) is 18.4 Å². The number of benzene rings is 2. The van der Waals surface area contributed by atoms with E-state index in [1.165, 1.54) is 11.0 Å². The number of anilines is 1. The summed E-state index contributed by atoms with van der Waals surface area (Å²) >= 11 is 0. The highest BCUT2D eigenvalue weighted by Gasteiger charge is 2.32. The summed E-state index contributed by atoms with van der Waals surface area (Å²) in [7, 11) is 0. The van der Waals surface area contributed by atoms with Crippen LogP contribution in [0.15, 0.2) is 60.8 Å². The number of hydrogen-bond donors (Lipinski definition) is 2. The number of aryl methyl sites for hydroxylation is 1. The molecular formula is C30H29F6N3O3. The smallest absolute Gasteiger partial charge is 0.417 e. The monoisotopic (exact) mass is 593 g/mol. The van der Waals surface area contributed by atoms with E-state index in [2.05, 4.69) is 10.3 Å². The Morgan fingerprint density at radius 2 is 1.76 bits per heavy atom. The van der Waals surface area contributed by atoms with Gasteiger partial charge in [0.15, 0.2) is 0 Å². The van der Waals surface area contributed by atoms with E-state index in [-0.39, 0.29) is 18.9 Å². The summed E-state index contributed by atoms with van der Waals surface area (Å²) in [6, 6.07) is 12.6. The van der Waals surface area contributed by atoms with Crippen LogP contribution >= 0.6 is 0 Å². The molecule has 0 radical (unpaired) electrons. The predicted octanol–water partition coefficient (Wildman–Crippen LogP) is 7.51. The van der Waals surface area contributed by atoms with E-state index < -0.39 is 42.3 Å². The molecule has 12 heteroatoms. The fourth-order valence-electron chi connectivity index (χ4n) is 5.03. The average molecular weight is 594 g/mol. The van der Waals surface area contributed by atoms with Gasteiger partial charge in [-0.1, -0.05) is 12.1 Å². The highest BCUT2D eigenvalue weighted by atomic mass is 19.4. The normalized spacial score (nSPS) is 16.6. The maximum Gasteiger partial charge on any atom is 0.417 e. The molecule has 42 heavy (non-hydrogen) atoms. The number of nitrogens with one attached hydrogen (secondary N) is 1. The number of aromatic nitrogens is 1. The maximum atomic E-state index is 13.2. The lowest BCUT2D eigenvalue weighted by Gasteiger charge is -2.30. The number of carboxylic acids is 1. The van der Waals surface area contributed by atoms with Crippen LogP contribution in [0.3, 0.4) is 0 Å². The second-order valence-corrected chi connectivity index (χ2v) is 10.4. The number of amides is 1. The first-order valence-electron chi connectivity index (χ1n) is 13.3. The molecule has 2 atom stereocenters. The van der Waals surface area contributed by atoms with E-state index in [1.54, 1.807) is 49.4 Å². The van der Waals surface area contributed by atoms with E-state index in [1.807, 2.05) is 0 Å². The van der Waals surface area contributed by atoms with Gasteiger partial charge in [-0.3, -0.25) is 14.6 Å². The van der Waals surface area contributed by atoms with Crippen LogP contribution < -0.4 is 5.32 Å². The van der Waals surface area contributed by atoms with Gasteiger partial charge in [-0.2, -0.15) is 26.3 Å². The van der Waals surface area contributed by atoms with E-state index in [0.29, 0.717) is 53.0 Å². The van der Waals surface area contributed by atoms with Gasteiger partial charge in [0.05, 0.1) is 23.2 Å². The zero-order valence-corrected chi connectivity index (χ0v) is 22.6. The Balaban J connectivity index is 1.52. The first kappa shape index (κ1) is 30.9. The fraction of sp³-hybridized carbons (Fsp3) is 0.367. The molecule has 0 bridgehead atoms. The molecule has 2 aromatic carbocycles. The van der Waals surface area contributed by atoms with Gasteiger partial charge in [-0.15, -0.1) is 0 Å². The lowest BCUT2D eigenvalue weighted by molar-refractivity contribution is -0.143. The number of likely N-dealkylation sites (tertiary alicyclic amines) is 1. The molecular weight excluding hydrogens is 564 g/mol. The largest absolute Gasteiger partial charge is 0.481 e. The molecule has 2 unspecified atom stereocenters. The molecule has 3 aromatic rings. The Hall–Kier alpha value is -4.09. The summed E-state index contributed by atoms with van der Waals surface area (Å²) in [5, 5.41) is 12.4. The molecule has 1 amide bonds. The molecule has 0 saturated carbocycles. The molecule has 224 valence electrons. The number of nitrogens with zero attached hydrogens (tertiary/aromatic N) is 2. The molecule has 6 nitrogen and oxygen atoms in total. The van der Waals surface area contributed by atoms with Crippen LogP contribution in [-0.2, 0) is 11.0 Å². The van der Waals surface area contributed by atoms with Gasteiger partial charge in [0, 0.05) is 42.5 Å². The zero-order chi connectivity index (χ0) is 30.7. The van der Waals surface area contributed by atoms with Gasteiger partial charge in [0.25, 0.3) is 5.91 Å². The molecule has 1 aliphatic rings. The number of carbonyl (C=O) groups excluding carboxylic acids is 1. The fourth-order valence-corrected chi connectivity index (χ4v) is 5.03. The van der Waals surface area contributed by atoms with Gasteiger partial charge < -0.3 is 15.3 Å². The SMILES string of the molecule is Cc1cc(-c2ccc(C(F)(F)F)cn2)ccc1C(CCC(F)(F)F)Nc1ccc(C(=O)N2CCCC(C(=O)O)C2)cc1. The minimum Gasteiger partial charge on any atom is -0.481 e. The second-order valence-electron chi connectivity index (χ2n) is 10.4. The van der Waals surface area contributed by atoms with Gasteiger partial charge >= 0.3 is 18.3 Å². The number of hydrogen-bond acceptors (Lipinski definition) is 4. The third-order valence-corrected chi connectivity index (χ3v) is 7.28. The minimum atomic E-state index is -4.52. The van der Waals surface area contributed by atoms with Crippen molar-refractivity contribution in [1.29, 1.82) is 0 Å². The highest BCUT2D eigenvalue weighted by molar-refractivity contribution is 5.95. The standard InChI is InChI=1S/C30H29F6N3O3/c1-18-15-20(25-11-7-22(16-37-25)30(34,35)36)6-10-24(18)26(12-13-29(31,32)33)38-23-8-4-19(5-9-23)27(40)39-14-2-3-21(17-39)28(41)42/h4-11,15-16,21,26,38H,2-3,12-14,17H2,1H3,(H,41,42). The Kier molecular flexibility index (Phi) is 9.12. The number of carboxylic acid groups (broad SMARTS) is 1. The average Bonchev–Trinajstić information content (AvgIpc) is 2.94. The van der Waals surface area contributed by atoms with Crippen LogP contribution in [0, 0.1) is 12.8 Å². The summed E-state index contributed by atoms with van der Waals surface area (Å²) in [4.78, 5) is 29.7. The molecule has 0 spiro atoms. The predicted molar refractivity (Wildman–Crippen MR) is 144 cm³/mol. The van der Waals surface area contributed by atoms with Crippen molar-refractivity contribution < 1.29 is 41.0 Å². The number of rotatable bonds is 8. The number of pyridine rings is 1. The van der Waals surface area contributed by atoms with Crippen LogP contribution in [0.25, 0.3) is 11.3 Å². The zero-order valence-electron chi connectivity index (χ0n) is 22.6. The van der Waals surface area contributed by atoms with Gasteiger partial charge in [-0.05, 0) is 79.8 Å². The molecule has 1 fully saturated rings. The lowest BCUT2D eigenvalue weighted by Crippen LogP contribution is -2.42. The summed E-state index contributed by atoms with van der Waals surface area (Å²) in [5.74, 6) is -1.89. The number of piperidine rings is 1. The third-order valence-electron chi connectivity index (χ3n) is 7.28. The minimum absolute atomic E-state index is 0.116. The van der Waals surface area contributed by atoms with Crippen molar-refractivity contribution in [1.82, 2.24) is 9.88 Å². The molecule has 1 saturated heterocycles. The number of aliphatic carboxylic acids is 1. The van der Waals surface area contributed by atoms with E-state index in [0.717, 1.165) is 12.3 Å². The highest BCUT2D eigenvalue weighted by Crippen LogP contribution is 2.34. The molecule has 1 aromatic heterocycles. The number of alkyl halides is 6. The summed E-state index contributed by atoms with van der Waals surface area (Å²) in [6.07, 6.45) is -8.44. The van der Waals surface area contributed by atoms with Gasteiger partial charge in [0.2, 0.25) is 0 Å². The van der Waals surface area contributed by atoms with Crippen LogP contribution in [0.2, 0.25) is 0 Å². The number of halogens is 6. The Morgan fingerprint density at radius 3 is 2.33 bits per heavy atom. The third kappa shape index (κ3) is 7.80. The quantitative estimate of drug-likeness (QED) is 0.264. The molecule has 4 rings (SSSR count). The van der Waals surface area contributed by atoms with Crippen molar-refractivity contribution in [3.05, 3.63) is 83.0 Å². The Labute approximate surface area is 238 Å².